The van der Waals surface area contributed by atoms with Crippen molar-refractivity contribution in [2.45, 2.75) is 13.1 Å². The average molecular weight is 212 g/mol. The molecule has 0 aliphatic carbocycles. The molecule has 0 spiro atoms. The molecule has 0 N–H and O–H groups in total. The molecule has 0 fully saturated rings. The van der Waals surface area contributed by atoms with Gasteiger partial charge in [0.05, 0.1) is 6.61 Å². The molecule has 0 radical (unpaired) electrons. The summed E-state index contributed by atoms with van der Waals surface area (Å²) in [7, 11) is 0. The molecule has 0 bridgehead atoms. The smallest absolute Gasteiger partial charge is 0.411 e. The highest BCUT2D eigenvalue weighted by Gasteiger charge is 2.27. The Morgan fingerprint density at radius 1 is 1.36 bits per heavy atom. The molecule has 0 amide bonds. The number of esters is 1. The predicted molar refractivity (Wildman–Crippen MR) is 42.6 cm³/mol. The molecule has 0 aromatic rings. The van der Waals surface area contributed by atoms with Crippen molar-refractivity contribution in [3.05, 3.63) is 12.2 Å². The quantitative estimate of drug-likeness (QED) is 0.395. The zero-order valence-electron chi connectivity index (χ0n) is 7.69. The van der Waals surface area contributed by atoms with E-state index in [1.165, 1.54) is 6.92 Å². The van der Waals surface area contributed by atoms with Crippen LogP contribution in [0.2, 0.25) is 0 Å². The van der Waals surface area contributed by atoms with Crippen LogP contribution in [0.1, 0.15) is 6.92 Å². The van der Waals surface area contributed by atoms with Gasteiger partial charge in [0, 0.05) is 5.57 Å². The molecule has 0 atom stereocenters. The van der Waals surface area contributed by atoms with E-state index in [4.69, 9.17) is 0 Å². The molecule has 3 nitrogen and oxygen atoms in total. The maximum absolute atomic E-state index is 11.5. The van der Waals surface area contributed by atoms with Crippen molar-refractivity contribution in [3.63, 3.8) is 0 Å². The monoisotopic (exact) mass is 212 g/mol. The highest BCUT2D eigenvalue weighted by molar-refractivity contribution is 5.86. The first-order valence-corrected chi connectivity index (χ1v) is 3.80. The number of carbonyl (C=O) groups excluding carboxylic acids is 1. The van der Waals surface area contributed by atoms with Crippen molar-refractivity contribution >= 4 is 5.97 Å². The maximum Gasteiger partial charge on any atom is 0.411 e. The van der Waals surface area contributed by atoms with Crippen molar-refractivity contribution in [2.75, 3.05) is 19.8 Å². The lowest BCUT2D eigenvalue weighted by Crippen LogP contribution is -2.19. The Labute approximate surface area is 79.5 Å². The van der Waals surface area contributed by atoms with Gasteiger partial charge in [0.2, 0.25) is 0 Å². The fraction of sp³-hybridized carbons (Fsp3) is 0.625. The molecule has 0 aromatic heterocycles. The molecule has 0 unspecified atom stereocenters. The van der Waals surface area contributed by atoms with E-state index in [0.717, 1.165) is 0 Å². The van der Waals surface area contributed by atoms with Gasteiger partial charge in [-0.1, -0.05) is 6.58 Å². The molecule has 14 heavy (non-hydrogen) atoms. The first-order valence-electron chi connectivity index (χ1n) is 3.80. The van der Waals surface area contributed by atoms with Gasteiger partial charge in [0.15, 0.2) is 0 Å². The minimum absolute atomic E-state index is 0.195. The fourth-order valence-corrected chi connectivity index (χ4v) is 0.504. The molecule has 0 aliphatic rings. The van der Waals surface area contributed by atoms with Crippen molar-refractivity contribution < 1.29 is 27.4 Å². The Bertz CT molecular complexity index is 210. The van der Waals surface area contributed by atoms with Gasteiger partial charge in [-0.25, -0.2) is 4.79 Å². The largest absolute Gasteiger partial charge is 0.460 e. The molecule has 0 aliphatic heterocycles. The second-order valence-electron chi connectivity index (χ2n) is 2.58. The third kappa shape index (κ3) is 7.60. The number of hydrogen-bond acceptors (Lipinski definition) is 3. The van der Waals surface area contributed by atoms with E-state index in [-0.39, 0.29) is 18.8 Å². The summed E-state index contributed by atoms with van der Waals surface area (Å²) < 4.78 is 43.3. The van der Waals surface area contributed by atoms with Crippen LogP contribution in [0.15, 0.2) is 12.2 Å². The summed E-state index contributed by atoms with van der Waals surface area (Å²) in [6.07, 6.45) is -4.35. The zero-order valence-corrected chi connectivity index (χ0v) is 7.69. The number of rotatable bonds is 5. The minimum atomic E-state index is -4.35. The van der Waals surface area contributed by atoms with Crippen LogP contribution >= 0.6 is 0 Å². The van der Waals surface area contributed by atoms with E-state index < -0.39 is 18.8 Å². The SMILES string of the molecule is C=C(C)C(=O)OCCOCC(F)(F)F. The standard InChI is InChI=1S/C8H11F3O3/c1-6(2)7(12)14-4-3-13-5-8(9,10)11/h1,3-5H2,2H3. The summed E-state index contributed by atoms with van der Waals surface area (Å²) in [6.45, 7) is 2.92. The second-order valence-corrected chi connectivity index (χ2v) is 2.58. The van der Waals surface area contributed by atoms with Gasteiger partial charge in [0.25, 0.3) is 0 Å². The summed E-state index contributed by atoms with van der Waals surface area (Å²) in [4.78, 5) is 10.7. The molecule has 0 aromatic carbocycles. The number of ether oxygens (including phenoxy) is 2. The Hall–Kier alpha value is -1.04. The van der Waals surface area contributed by atoms with Gasteiger partial charge in [-0.05, 0) is 6.92 Å². The maximum atomic E-state index is 11.5. The van der Waals surface area contributed by atoms with Crippen molar-refractivity contribution in [2.24, 2.45) is 0 Å². The Morgan fingerprint density at radius 2 is 1.93 bits per heavy atom. The lowest BCUT2D eigenvalue weighted by Gasteiger charge is -2.07. The van der Waals surface area contributed by atoms with Crippen LogP contribution in [-0.2, 0) is 14.3 Å². The van der Waals surface area contributed by atoms with Gasteiger partial charge in [-0.3, -0.25) is 0 Å². The third-order valence-corrected chi connectivity index (χ3v) is 1.08. The van der Waals surface area contributed by atoms with Crippen LogP contribution in [0.5, 0.6) is 0 Å². The Kier molecular flexibility index (Phi) is 5.22. The molecule has 0 heterocycles. The summed E-state index contributed by atoms with van der Waals surface area (Å²) >= 11 is 0. The van der Waals surface area contributed by atoms with Crippen molar-refractivity contribution in [1.82, 2.24) is 0 Å². The summed E-state index contributed by atoms with van der Waals surface area (Å²) in [5, 5.41) is 0. The van der Waals surface area contributed by atoms with Crippen LogP contribution < -0.4 is 0 Å². The number of alkyl halides is 3. The summed E-state index contributed by atoms with van der Waals surface area (Å²) in [6, 6.07) is 0. The highest BCUT2D eigenvalue weighted by atomic mass is 19.4. The normalized spacial score (nSPS) is 11.1. The van der Waals surface area contributed by atoms with Crippen LogP contribution in [0.3, 0.4) is 0 Å². The minimum Gasteiger partial charge on any atom is -0.460 e. The molecule has 0 saturated heterocycles. The Morgan fingerprint density at radius 3 is 2.36 bits per heavy atom. The topological polar surface area (TPSA) is 35.5 Å². The molecular weight excluding hydrogens is 201 g/mol. The number of halogens is 3. The molecule has 0 saturated carbocycles. The molecule has 6 heteroatoms. The van der Waals surface area contributed by atoms with E-state index in [2.05, 4.69) is 16.1 Å². The van der Waals surface area contributed by atoms with Crippen LogP contribution in [0.25, 0.3) is 0 Å². The number of hydrogen-bond donors (Lipinski definition) is 0. The van der Waals surface area contributed by atoms with E-state index in [1.807, 2.05) is 0 Å². The van der Waals surface area contributed by atoms with Gasteiger partial charge in [-0.15, -0.1) is 0 Å². The van der Waals surface area contributed by atoms with Gasteiger partial charge < -0.3 is 9.47 Å². The number of carbonyl (C=O) groups is 1. The Balaban J connectivity index is 3.39. The lowest BCUT2D eigenvalue weighted by molar-refractivity contribution is -0.177. The van der Waals surface area contributed by atoms with E-state index >= 15 is 0 Å². The fourth-order valence-electron chi connectivity index (χ4n) is 0.504. The van der Waals surface area contributed by atoms with Crippen molar-refractivity contribution in [1.29, 1.82) is 0 Å². The second kappa shape index (κ2) is 5.64. The van der Waals surface area contributed by atoms with E-state index in [0.29, 0.717) is 0 Å². The molecule has 82 valence electrons. The van der Waals surface area contributed by atoms with Gasteiger partial charge in [-0.2, -0.15) is 13.2 Å². The lowest BCUT2D eigenvalue weighted by atomic mass is 10.4. The predicted octanol–water partition coefficient (Wildman–Crippen LogP) is 1.68. The summed E-state index contributed by atoms with van der Waals surface area (Å²) in [5.41, 5.74) is 0.195. The highest BCUT2D eigenvalue weighted by Crippen LogP contribution is 2.14. The van der Waals surface area contributed by atoms with Crippen molar-refractivity contribution in [3.8, 4) is 0 Å². The van der Waals surface area contributed by atoms with Gasteiger partial charge in [0.1, 0.15) is 13.2 Å². The first-order chi connectivity index (χ1) is 6.33. The van der Waals surface area contributed by atoms with Crippen LogP contribution in [-0.4, -0.2) is 32.0 Å². The van der Waals surface area contributed by atoms with Crippen LogP contribution in [0.4, 0.5) is 13.2 Å². The molecular formula is C8H11F3O3. The molecule has 0 rings (SSSR count). The first kappa shape index (κ1) is 13.0. The van der Waals surface area contributed by atoms with E-state index in [1.54, 1.807) is 0 Å². The van der Waals surface area contributed by atoms with Crippen LogP contribution in [0, 0.1) is 0 Å². The zero-order chi connectivity index (χ0) is 11.2. The summed E-state index contributed by atoms with van der Waals surface area (Å²) in [5.74, 6) is -0.638. The van der Waals surface area contributed by atoms with Gasteiger partial charge >= 0.3 is 12.1 Å². The average Bonchev–Trinajstić information content (AvgIpc) is 2.01. The van der Waals surface area contributed by atoms with E-state index in [9.17, 15) is 18.0 Å². The third-order valence-electron chi connectivity index (χ3n) is 1.08.